The van der Waals surface area contributed by atoms with Crippen molar-refractivity contribution in [3.05, 3.63) is 64.6 Å². The number of aryl methyl sites for hydroxylation is 2. The van der Waals surface area contributed by atoms with E-state index in [1.54, 1.807) is 24.3 Å². The lowest BCUT2D eigenvalue weighted by molar-refractivity contribution is 0.0996. The van der Waals surface area contributed by atoms with Crippen molar-refractivity contribution in [2.45, 2.75) is 13.8 Å². The molecule has 2 heterocycles. The number of carbonyl (C=O) groups excluding carboxylic acids is 1. The molecule has 5 nitrogen and oxygen atoms in total. The lowest BCUT2D eigenvalue weighted by Gasteiger charge is -2.04. The SMILES string of the molecule is Cc1cc(C)nc(NC(=O)c2ccc(-c3cccc(Cl)c3)o2)n1. The summed E-state index contributed by atoms with van der Waals surface area (Å²) in [5.41, 5.74) is 2.37. The largest absolute Gasteiger partial charge is 0.451 e. The fourth-order valence-corrected chi connectivity index (χ4v) is 2.39. The zero-order valence-electron chi connectivity index (χ0n) is 12.6. The van der Waals surface area contributed by atoms with Crippen LogP contribution in [-0.2, 0) is 0 Å². The average Bonchev–Trinajstić information content (AvgIpc) is 2.96. The van der Waals surface area contributed by atoms with Crippen LogP contribution in [0.2, 0.25) is 5.02 Å². The molecule has 0 aliphatic heterocycles. The van der Waals surface area contributed by atoms with Gasteiger partial charge in [-0.1, -0.05) is 23.7 Å². The topological polar surface area (TPSA) is 68.0 Å². The maximum Gasteiger partial charge on any atom is 0.293 e. The summed E-state index contributed by atoms with van der Waals surface area (Å²) in [6, 6.07) is 12.4. The summed E-state index contributed by atoms with van der Waals surface area (Å²) in [6.07, 6.45) is 0. The number of anilines is 1. The standard InChI is InChI=1S/C17H14ClN3O2/c1-10-8-11(2)20-17(19-10)21-16(22)15-7-6-14(23-15)12-4-3-5-13(18)9-12/h3-9H,1-2H3,(H,19,20,21,22). The maximum absolute atomic E-state index is 12.2. The van der Waals surface area contributed by atoms with E-state index < -0.39 is 5.91 Å². The normalized spacial score (nSPS) is 10.6. The van der Waals surface area contributed by atoms with E-state index in [2.05, 4.69) is 15.3 Å². The first kappa shape index (κ1) is 15.2. The third-order valence-corrected chi connectivity index (χ3v) is 3.38. The molecule has 23 heavy (non-hydrogen) atoms. The van der Waals surface area contributed by atoms with Crippen LogP contribution in [0.1, 0.15) is 21.9 Å². The van der Waals surface area contributed by atoms with Crippen molar-refractivity contribution in [3.8, 4) is 11.3 Å². The maximum atomic E-state index is 12.2. The number of hydrogen-bond donors (Lipinski definition) is 1. The first-order valence-corrected chi connectivity index (χ1v) is 7.38. The van der Waals surface area contributed by atoms with Gasteiger partial charge in [0.15, 0.2) is 5.76 Å². The lowest BCUT2D eigenvalue weighted by Crippen LogP contribution is -2.14. The minimum atomic E-state index is -0.400. The second kappa shape index (κ2) is 6.22. The van der Waals surface area contributed by atoms with Crippen LogP contribution in [0.15, 0.2) is 46.9 Å². The van der Waals surface area contributed by atoms with Crippen molar-refractivity contribution in [2.75, 3.05) is 5.32 Å². The molecule has 0 unspecified atom stereocenters. The Bertz CT molecular complexity index is 854. The Morgan fingerprint density at radius 2 is 1.83 bits per heavy atom. The van der Waals surface area contributed by atoms with Crippen LogP contribution in [0.4, 0.5) is 5.95 Å². The van der Waals surface area contributed by atoms with Crippen molar-refractivity contribution in [1.29, 1.82) is 0 Å². The van der Waals surface area contributed by atoms with Crippen LogP contribution in [0.25, 0.3) is 11.3 Å². The minimum Gasteiger partial charge on any atom is -0.451 e. The third-order valence-electron chi connectivity index (χ3n) is 3.15. The second-order valence-corrected chi connectivity index (χ2v) is 5.54. The van der Waals surface area contributed by atoms with Gasteiger partial charge >= 0.3 is 0 Å². The fourth-order valence-electron chi connectivity index (χ4n) is 2.20. The number of halogens is 1. The van der Waals surface area contributed by atoms with Crippen LogP contribution in [0, 0.1) is 13.8 Å². The minimum absolute atomic E-state index is 0.183. The lowest BCUT2D eigenvalue weighted by atomic mass is 10.2. The van der Waals surface area contributed by atoms with E-state index in [1.807, 2.05) is 32.0 Å². The summed E-state index contributed by atoms with van der Waals surface area (Å²) in [5.74, 6) is 0.609. The predicted molar refractivity (Wildman–Crippen MR) is 88.6 cm³/mol. The number of rotatable bonds is 3. The summed E-state index contributed by atoms with van der Waals surface area (Å²) in [4.78, 5) is 20.6. The molecule has 0 aliphatic carbocycles. The van der Waals surface area contributed by atoms with Gasteiger partial charge in [0.25, 0.3) is 5.91 Å². The number of aromatic nitrogens is 2. The van der Waals surface area contributed by atoms with Crippen molar-refractivity contribution in [3.63, 3.8) is 0 Å². The van der Waals surface area contributed by atoms with E-state index in [4.69, 9.17) is 16.0 Å². The van der Waals surface area contributed by atoms with Crippen molar-refractivity contribution >= 4 is 23.5 Å². The number of furan rings is 1. The van der Waals surface area contributed by atoms with Crippen molar-refractivity contribution < 1.29 is 9.21 Å². The molecule has 0 saturated carbocycles. The third kappa shape index (κ3) is 3.57. The van der Waals surface area contributed by atoms with Gasteiger partial charge < -0.3 is 4.42 Å². The molecule has 2 aromatic heterocycles. The molecule has 1 aromatic carbocycles. The van der Waals surface area contributed by atoms with Crippen LogP contribution in [-0.4, -0.2) is 15.9 Å². The molecule has 0 aliphatic rings. The van der Waals surface area contributed by atoms with Gasteiger partial charge in [0.05, 0.1) is 0 Å². The molecule has 0 radical (unpaired) electrons. The van der Waals surface area contributed by atoms with Gasteiger partial charge in [-0.15, -0.1) is 0 Å². The smallest absolute Gasteiger partial charge is 0.293 e. The Balaban J connectivity index is 1.81. The quantitative estimate of drug-likeness (QED) is 0.780. The first-order valence-electron chi connectivity index (χ1n) is 7.01. The van der Waals surface area contributed by atoms with Crippen molar-refractivity contribution in [2.24, 2.45) is 0 Å². The van der Waals surface area contributed by atoms with Gasteiger partial charge in [-0.2, -0.15) is 0 Å². The highest BCUT2D eigenvalue weighted by Crippen LogP contribution is 2.25. The Hall–Kier alpha value is -2.66. The first-order chi connectivity index (χ1) is 11.0. The summed E-state index contributed by atoms with van der Waals surface area (Å²) < 4.78 is 5.59. The molecule has 6 heteroatoms. The Morgan fingerprint density at radius 1 is 1.09 bits per heavy atom. The Morgan fingerprint density at radius 3 is 2.52 bits per heavy atom. The van der Waals surface area contributed by atoms with Gasteiger partial charge in [0, 0.05) is 22.0 Å². The summed E-state index contributed by atoms with van der Waals surface area (Å²) >= 11 is 5.96. The van der Waals surface area contributed by atoms with Crippen LogP contribution in [0.3, 0.4) is 0 Å². The summed E-state index contributed by atoms with van der Waals surface area (Å²) in [7, 11) is 0. The van der Waals surface area contributed by atoms with Crippen molar-refractivity contribution in [1.82, 2.24) is 9.97 Å². The van der Waals surface area contributed by atoms with Crippen LogP contribution < -0.4 is 5.32 Å². The van der Waals surface area contributed by atoms with E-state index in [-0.39, 0.29) is 11.7 Å². The Kier molecular flexibility index (Phi) is 4.12. The highest BCUT2D eigenvalue weighted by atomic mass is 35.5. The number of hydrogen-bond acceptors (Lipinski definition) is 4. The highest BCUT2D eigenvalue weighted by Gasteiger charge is 2.14. The highest BCUT2D eigenvalue weighted by molar-refractivity contribution is 6.30. The van der Waals surface area contributed by atoms with Gasteiger partial charge in [-0.05, 0) is 44.2 Å². The average molecular weight is 328 g/mol. The van der Waals surface area contributed by atoms with Gasteiger partial charge in [-0.25, -0.2) is 9.97 Å². The summed E-state index contributed by atoms with van der Waals surface area (Å²) in [6.45, 7) is 3.68. The molecule has 0 atom stereocenters. The van der Waals surface area contributed by atoms with E-state index in [1.165, 1.54) is 0 Å². The molecule has 1 N–H and O–H groups in total. The molecule has 3 aromatic rings. The molecular formula is C17H14ClN3O2. The zero-order valence-corrected chi connectivity index (χ0v) is 13.4. The van der Waals surface area contributed by atoms with E-state index >= 15 is 0 Å². The zero-order chi connectivity index (χ0) is 16.4. The molecule has 0 spiro atoms. The number of amides is 1. The van der Waals surface area contributed by atoms with Gasteiger partial charge in [-0.3, -0.25) is 10.1 Å². The van der Waals surface area contributed by atoms with Crippen LogP contribution in [0.5, 0.6) is 0 Å². The molecule has 1 amide bonds. The number of nitrogens with zero attached hydrogens (tertiary/aromatic N) is 2. The number of benzene rings is 1. The molecular weight excluding hydrogens is 314 g/mol. The molecule has 116 valence electrons. The van der Waals surface area contributed by atoms with E-state index in [0.29, 0.717) is 10.8 Å². The number of nitrogens with one attached hydrogen (secondary N) is 1. The monoisotopic (exact) mass is 327 g/mol. The number of carbonyl (C=O) groups is 1. The molecule has 3 rings (SSSR count). The molecule has 0 fully saturated rings. The van der Waals surface area contributed by atoms with Gasteiger partial charge in [0.1, 0.15) is 5.76 Å². The summed E-state index contributed by atoms with van der Waals surface area (Å²) in [5, 5.41) is 3.24. The molecule has 0 bridgehead atoms. The fraction of sp³-hybridized carbons (Fsp3) is 0.118. The Labute approximate surface area is 138 Å². The molecule has 0 saturated heterocycles. The van der Waals surface area contributed by atoms with Crippen LogP contribution >= 0.6 is 11.6 Å². The predicted octanol–water partition coefficient (Wildman–Crippen LogP) is 4.26. The second-order valence-electron chi connectivity index (χ2n) is 5.10. The van der Waals surface area contributed by atoms with E-state index in [9.17, 15) is 4.79 Å². The van der Waals surface area contributed by atoms with Gasteiger partial charge in [0.2, 0.25) is 5.95 Å². The van der Waals surface area contributed by atoms with E-state index in [0.717, 1.165) is 17.0 Å².